The smallest absolute Gasteiger partial charge is 0.271 e. The summed E-state index contributed by atoms with van der Waals surface area (Å²) in [6.07, 6.45) is 9.24. The summed E-state index contributed by atoms with van der Waals surface area (Å²) in [6, 6.07) is 2.23. The van der Waals surface area contributed by atoms with E-state index >= 15 is 0 Å². The topological polar surface area (TPSA) is 59.0 Å². The van der Waals surface area contributed by atoms with Gasteiger partial charge in [-0.1, -0.05) is 20.3 Å². The first-order valence-corrected chi connectivity index (χ1v) is 9.12. The first-order valence-electron chi connectivity index (χ1n) is 9.12. The van der Waals surface area contributed by atoms with Gasteiger partial charge in [-0.05, 0) is 56.0 Å². The summed E-state index contributed by atoms with van der Waals surface area (Å²) in [4.78, 5) is 12.4. The van der Waals surface area contributed by atoms with Gasteiger partial charge in [0.25, 0.3) is 5.91 Å². The zero-order valence-electron chi connectivity index (χ0n) is 14.5. The fourth-order valence-electron chi connectivity index (χ4n) is 4.08. The molecule has 1 aliphatic heterocycles. The molecule has 128 valence electrons. The van der Waals surface area contributed by atoms with E-state index in [0.717, 1.165) is 26.1 Å². The van der Waals surface area contributed by atoms with Crippen molar-refractivity contribution < 1.29 is 4.79 Å². The fraction of sp³-hybridized carbons (Fsp3) is 0.778. The van der Waals surface area contributed by atoms with Gasteiger partial charge in [-0.2, -0.15) is 5.10 Å². The third-order valence-corrected chi connectivity index (χ3v) is 5.37. The highest BCUT2D eigenvalue weighted by molar-refractivity contribution is 5.92. The third-order valence-electron chi connectivity index (χ3n) is 5.37. The summed E-state index contributed by atoms with van der Waals surface area (Å²) in [6.45, 7) is 7.36. The summed E-state index contributed by atoms with van der Waals surface area (Å²) in [5.74, 6) is 0.660. The molecule has 0 spiro atoms. The fourth-order valence-corrected chi connectivity index (χ4v) is 4.08. The Hall–Kier alpha value is -1.36. The molecule has 0 radical (unpaired) electrons. The van der Waals surface area contributed by atoms with E-state index in [1.807, 2.05) is 16.9 Å². The molecule has 1 amide bonds. The number of piperidine rings is 1. The average molecular weight is 318 g/mol. The summed E-state index contributed by atoms with van der Waals surface area (Å²) < 4.78 is 1.95. The summed E-state index contributed by atoms with van der Waals surface area (Å²) in [7, 11) is 0. The Morgan fingerprint density at radius 3 is 2.91 bits per heavy atom. The maximum Gasteiger partial charge on any atom is 0.271 e. The summed E-state index contributed by atoms with van der Waals surface area (Å²) in [5.41, 5.74) is 0.884. The number of hydrogen-bond donors (Lipinski definition) is 2. The molecule has 5 nitrogen and oxygen atoms in total. The van der Waals surface area contributed by atoms with Crippen LogP contribution in [0, 0.1) is 11.3 Å². The maximum atomic E-state index is 12.4. The van der Waals surface area contributed by atoms with Crippen LogP contribution in [0.25, 0.3) is 0 Å². The van der Waals surface area contributed by atoms with Crippen molar-refractivity contribution in [2.45, 2.75) is 58.4 Å². The van der Waals surface area contributed by atoms with Gasteiger partial charge in [0.05, 0.1) is 6.04 Å². The normalized spacial score (nSPS) is 23.5. The van der Waals surface area contributed by atoms with Crippen molar-refractivity contribution >= 4 is 5.91 Å². The van der Waals surface area contributed by atoms with Crippen molar-refractivity contribution in [2.75, 3.05) is 19.6 Å². The van der Waals surface area contributed by atoms with Gasteiger partial charge in [0.1, 0.15) is 5.69 Å². The van der Waals surface area contributed by atoms with Gasteiger partial charge in [0.2, 0.25) is 0 Å². The predicted molar refractivity (Wildman–Crippen MR) is 91.4 cm³/mol. The standard InChI is InChI=1S/C18H30N4O/c1-14(2)11-18(7-4-8-18)13-20-17(23)16-6-10-22(21-16)15-5-3-9-19-12-15/h6,10,14-15,19H,3-5,7-9,11-13H2,1-2H3,(H,20,23). The molecule has 1 unspecified atom stereocenters. The zero-order valence-corrected chi connectivity index (χ0v) is 14.5. The van der Waals surface area contributed by atoms with Crippen molar-refractivity contribution in [2.24, 2.45) is 11.3 Å². The van der Waals surface area contributed by atoms with E-state index in [4.69, 9.17) is 0 Å². The molecule has 5 heteroatoms. The lowest BCUT2D eigenvalue weighted by Gasteiger charge is -2.43. The maximum absolute atomic E-state index is 12.4. The second kappa shape index (κ2) is 7.04. The van der Waals surface area contributed by atoms with Gasteiger partial charge in [0, 0.05) is 19.3 Å². The van der Waals surface area contributed by atoms with Gasteiger partial charge >= 0.3 is 0 Å². The molecule has 1 saturated carbocycles. The van der Waals surface area contributed by atoms with Crippen molar-refractivity contribution in [3.63, 3.8) is 0 Å². The molecule has 0 aromatic carbocycles. The largest absolute Gasteiger partial charge is 0.350 e. The van der Waals surface area contributed by atoms with Crippen molar-refractivity contribution in [3.05, 3.63) is 18.0 Å². The molecule has 1 aliphatic carbocycles. The number of nitrogens with zero attached hydrogens (tertiary/aromatic N) is 2. The number of hydrogen-bond acceptors (Lipinski definition) is 3. The van der Waals surface area contributed by atoms with Gasteiger partial charge in [-0.25, -0.2) is 0 Å². The van der Waals surface area contributed by atoms with Gasteiger partial charge in [-0.15, -0.1) is 0 Å². The van der Waals surface area contributed by atoms with E-state index in [1.54, 1.807) is 0 Å². The van der Waals surface area contributed by atoms with E-state index in [0.29, 0.717) is 23.1 Å². The third kappa shape index (κ3) is 3.94. The van der Waals surface area contributed by atoms with E-state index in [1.165, 1.54) is 32.1 Å². The number of carbonyl (C=O) groups excluding carboxylic acids is 1. The number of aromatic nitrogens is 2. The van der Waals surface area contributed by atoms with Crippen LogP contribution >= 0.6 is 0 Å². The Balaban J connectivity index is 1.55. The molecule has 0 bridgehead atoms. The van der Waals surface area contributed by atoms with Gasteiger partial charge in [-0.3, -0.25) is 9.48 Å². The molecule has 2 aliphatic rings. The van der Waals surface area contributed by atoms with Crippen LogP contribution in [-0.2, 0) is 0 Å². The zero-order chi connectivity index (χ0) is 16.3. The second-order valence-corrected chi connectivity index (χ2v) is 7.82. The Morgan fingerprint density at radius 2 is 2.30 bits per heavy atom. The molecule has 2 heterocycles. The first-order chi connectivity index (χ1) is 11.1. The molecule has 1 aromatic rings. The molecular weight excluding hydrogens is 288 g/mol. The lowest BCUT2D eigenvalue weighted by molar-refractivity contribution is 0.0776. The Bertz CT molecular complexity index is 527. The predicted octanol–water partition coefficient (Wildman–Crippen LogP) is 2.75. The molecule has 1 aromatic heterocycles. The minimum Gasteiger partial charge on any atom is -0.350 e. The number of rotatable bonds is 6. The van der Waals surface area contributed by atoms with Gasteiger partial charge < -0.3 is 10.6 Å². The number of nitrogens with one attached hydrogen (secondary N) is 2. The highest BCUT2D eigenvalue weighted by Crippen LogP contribution is 2.45. The van der Waals surface area contributed by atoms with E-state index in [2.05, 4.69) is 29.6 Å². The Morgan fingerprint density at radius 1 is 1.48 bits per heavy atom. The van der Waals surface area contributed by atoms with Crippen LogP contribution in [0.4, 0.5) is 0 Å². The lowest BCUT2D eigenvalue weighted by Crippen LogP contribution is -2.43. The van der Waals surface area contributed by atoms with Crippen molar-refractivity contribution in [3.8, 4) is 0 Å². The molecule has 2 N–H and O–H groups in total. The lowest BCUT2D eigenvalue weighted by atomic mass is 9.64. The minimum atomic E-state index is -0.0254. The van der Waals surface area contributed by atoms with Crippen LogP contribution in [0.5, 0.6) is 0 Å². The Kier molecular flexibility index (Phi) is 5.05. The second-order valence-electron chi connectivity index (χ2n) is 7.82. The molecule has 1 atom stereocenters. The number of amides is 1. The molecule has 1 saturated heterocycles. The van der Waals surface area contributed by atoms with E-state index in [9.17, 15) is 4.79 Å². The first kappa shape index (κ1) is 16.5. The van der Waals surface area contributed by atoms with E-state index < -0.39 is 0 Å². The van der Waals surface area contributed by atoms with Gasteiger partial charge in [0.15, 0.2) is 0 Å². The van der Waals surface area contributed by atoms with Crippen LogP contribution in [0.3, 0.4) is 0 Å². The molecule has 2 fully saturated rings. The van der Waals surface area contributed by atoms with Crippen molar-refractivity contribution in [1.29, 1.82) is 0 Å². The summed E-state index contributed by atoms with van der Waals surface area (Å²) in [5, 5.41) is 11.0. The highest BCUT2D eigenvalue weighted by atomic mass is 16.1. The quantitative estimate of drug-likeness (QED) is 0.848. The van der Waals surface area contributed by atoms with Crippen LogP contribution in [0.15, 0.2) is 12.3 Å². The SMILES string of the molecule is CC(C)CC1(CNC(=O)c2ccn(C3CCCNC3)n2)CCC1. The Labute approximate surface area is 139 Å². The van der Waals surface area contributed by atoms with E-state index in [-0.39, 0.29) is 5.91 Å². The molecular formula is C18H30N4O. The molecule has 23 heavy (non-hydrogen) atoms. The minimum absolute atomic E-state index is 0.0254. The highest BCUT2D eigenvalue weighted by Gasteiger charge is 2.37. The monoisotopic (exact) mass is 318 g/mol. The molecule has 3 rings (SSSR count). The number of carbonyl (C=O) groups is 1. The van der Waals surface area contributed by atoms with Crippen molar-refractivity contribution in [1.82, 2.24) is 20.4 Å². The van der Waals surface area contributed by atoms with Crippen LogP contribution in [0.1, 0.15) is 68.9 Å². The van der Waals surface area contributed by atoms with Crippen LogP contribution < -0.4 is 10.6 Å². The average Bonchev–Trinajstić information content (AvgIpc) is 3.00. The van der Waals surface area contributed by atoms with Crippen LogP contribution in [0.2, 0.25) is 0 Å². The van der Waals surface area contributed by atoms with Crippen LogP contribution in [-0.4, -0.2) is 35.3 Å². The summed E-state index contributed by atoms with van der Waals surface area (Å²) >= 11 is 0.